The van der Waals surface area contributed by atoms with Crippen molar-refractivity contribution >= 4 is 14.3 Å². The molecule has 0 saturated carbocycles. The van der Waals surface area contributed by atoms with Crippen molar-refractivity contribution in [3.05, 3.63) is 24.5 Å². The lowest BCUT2D eigenvalue weighted by Crippen LogP contribution is -2.06. The van der Waals surface area contributed by atoms with E-state index in [0.29, 0.717) is 0 Å². The summed E-state index contributed by atoms with van der Waals surface area (Å²) in [4.78, 5) is 18.9. The average molecular weight is 174 g/mol. The SMILES string of the molecule is O=C(O[P+](=O)O)n1cccc1. The van der Waals surface area contributed by atoms with Gasteiger partial charge in [-0.05, 0) is 12.1 Å². The minimum absolute atomic E-state index is 0.862. The predicted molar refractivity (Wildman–Crippen MR) is 36.1 cm³/mol. The topological polar surface area (TPSA) is 68.5 Å². The van der Waals surface area contributed by atoms with E-state index in [9.17, 15) is 9.36 Å². The van der Waals surface area contributed by atoms with E-state index in [4.69, 9.17) is 4.89 Å². The first-order valence-electron chi connectivity index (χ1n) is 2.71. The van der Waals surface area contributed by atoms with Crippen molar-refractivity contribution in [3.8, 4) is 0 Å². The Balaban J connectivity index is 2.64. The molecule has 0 amide bonds. The summed E-state index contributed by atoms with van der Waals surface area (Å²) in [7, 11) is -2.86. The second-order valence-electron chi connectivity index (χ2n) is 1.69. The summed E-state index contributed by atoms with van der Waals surface area (Å²) >= 11 is 0. The molecule has 1 aromatic heterocycles. The fraction of sp³-hybridized carbons (Fsp3) is 0. The Morgan fingerprint density at radius 1 is 1.45 bits per heavy atom. The molecule has 0 radical (unpaired) electrons. The van der Waals surface area contributed by atoms with Crippen LogP contribution in [-0.4, -0.2) is 15.6 Å². The molecule has 58 valence electrons. The smallest absolute Gasteiger partial charge is 0.256 e. The van der Waals surface area contributed by atoms with Gasteiger partial charge in [0.2, 0.25) is 0 Å². The lowest BCUT2D eigenvalue weighted by Gasteiger charge is -1.89. The Morgan fingerprint density at radius 2 is 2.00 bits per heavy atom. The second kappa shape index (κ2) is 3.27. The van der Waals surface area contributed by atoms with Crippen molar-refractivity contribution in [1.29, 1.82) is 0 Å². The van der Waals surface area contributed by atoms with Crippen LogP contribution in [0.15, 0.2) is 24.5 Å². The Bertz CT molecular complexity index is 268. The highest BCUT2D eigenvalue weighted by atomic mass is 31.1. The first-order chi connectivity index (χ1) is 5.20. The number of aromatic nitrogens is 1. The van der Waals surface area contributed by atoms with Crippen LogP contribution in [0.1, 0.15) is 0 Å². The summed E-state index contributed by atoms with van der Waals surface area (Å²) in [5.74, 6) is 0. The summed E-state index contributed by atoms with van der Waals surface area (Å²) in [6.45, 7) is 0. The summed E-state index contributed by atoms with van der Waals surface area (Å²) in [5.41, 5.74) is 0. The van der Waals surface area contributed by atoms with E-state index in [-0.39, 0.29) is 0 Å². The van der Waals surface area contributed by atoms with Crippen molar-refractivity contribution in [1.82, 2.24) is 4.57 Å². The van der Waals surface area contributed by atoms with Crippen molar-refractivity contribution < 1.29 is 18.8 Å². The molecule has 1 atom stereocenters. The highest BCUT2D eigenvalue weighted by Gasteiger charge is 2.20. The molecule has 0 bridgehead atoms. The van der Waals surface area contributed by atoms with Crippen LogP contribution in [0.5, 0.6) is 0 Å². The Labute approximate surface area is 63.2 Å². The van der Waals surface area contributed by atoms with Gasteiger partial charge in [-0.1, -0.05) is 0 Å². The van der Waals surface area contributed by atoms with Crippen LogP contribution in [-0.2, 0) is 9.09 Å². The molecule has 0 spiro atoms. The molecule has 0 aliphatic heterocycles. The van der Waals surface area contributed by atoms with Gasteiger partial charge < -0.3 is 0 Å². The normalized spacial score (nSPS) is 10.8. The van der Waals surface area contributed by atoms with Crippen molar-refractivity contribution in [2.24, 2.45) is 0 Å². The van der Waals surface area contributed by atoms with E-state index in [1.54, 1.807) is 12.1 Å². The van der Waals surface area contributed by atoms with E-state index in [0.717, 1.165) is 4.57 Å². The van der Waals surface area contributed by atoms with Gasteiger partial charge in [0.05, 0.1) is 0 Å². The summed E-state index contributed by atoms with van der Waals surface area (Å²) in [6, 6.07) is 3.21. The summed E-state index contributed by atoms with van der Waals surface area (Å²) in [6.07, 6.45) is 1.97. The maximum atomic E-state index is 10.7. The zero-order valence-corrected chi connectivity index (χ0v) is 6.27. The largest absolute Gasteiger partial charge is 0.752 e. The van der Waals surface area contributed by atoms with Crippen LogP contribution in [0.4, 0.5) is 4.79 Å². The minimum Gasteiger partial charge on any atom is -0.256 e. The average Bonchev–Trinajstić information content (AvgIpc) is 2.35. The zero-order valence-electron chi connectivity index (χ0n) is 5.38. The van der Waals surface area contributed by atoms with Crippen molar-refractivity contribution in [2.45, 2.75) is 0 Å². The molecule has 0 aromatic carbocycles. The van der Waals surface area contributed by atoms with E-state index in [2.05, 4.69) is 4.52 Å². The maximum absolute atomic E-state index is 10.7. The molecule has 1 rings (SSSR count). The molecule has 0 aliphatic rings. The standard InChI is InChI=1S/C5H4NO4P/c7-5(10-11(8)9)6-3-1-2-4-6/h1-4H/p+1. The van der Waals surface area contributed by atoms with Crippen molar-refractivity contribution in [2.75, 3.05) is 0 Å². The third kappa shape index (κ3) is 2.14. The molecule has 6 heteroatoms. The van der Waals surface area contributed by atoms with Crippen LogP contribution in [0.2, 0.25) is 0 Å². The van der Waals surface area contributed by atoms with Gasteiger partial charge in [-0.3, -0.25) is 4.57 Å². The lowest BCUT2D eigenvalue weighted by atomic mass is 10.7. The first kappa shape index (κ1) is 7.91. The van der Waals surface area contributed by atoms with Crippen LogP contribution < -0.4 is 0 Å². The summed E-state index contributed by atoms with van der Waals surface area (Å²) in [5, 5.41) is 0. The molecule has 0 saturated heterocycles. The molecule has 1 N–H and O–H groups in total. The van der Waals surface area contributed by atoms with Crippen LogP contribution in [0.25, 0.3) is 0 Å². The highest BCUT2D eigenvalue weighted by Crippen LogP contribution is 2.15. The molecular formula is C5H5NO4P+. The third-order valence-corrected chi connectivity index (χ3v) is 1.28. The maximum Gasteiger partial charge on any atom is 0.752 e. The van der Waals surface area contributed by atoms with Gasteiger partial charge >= 0.3 is 14.3 Å². The fourth-order valence-corrected chi connectivity index (χ4v) is 0.798. The monoisotopic (exact) mass is 174 g/mol. The lowest BCUT2D eigenvalue weighted by molar-refractivity contribution is 0.199. The van der Waals surface area contributed by atoms with E-state index >= 15 is 0 Å². The molecule has 1 unspecified atom stereocenters. The van der Waals surface area contributed by atoms with Gasteiger partial charge in [0.15, 0.2) is 0 Å². The van der Waals surface area contributed by atoms with Gasteiger partial charge in [-0.25, -0.2) is 4.79 Å². The predicted octanol–water partition coefficient (Wildman–Crippen LogP) is 1.12. The van der Waals surface area contributed by atoms with Crippen LogP contribution >= 0.6 is 8.25 Å². The van der Waals surface area contributed by atoms with E-state index in [1.807, 2.05) is 0 Å². The molecular weight excluding hydrogens is 169 g/mol. The Kier molecular flexibility index (Phi) is 2.36. The van der Waals surface area contributed by atoms with Gasteiger partial charge in [-0.15, -0.1) is 4.89 Å². The molecule has 1 aromatic rings. The Hall–Kier alpha value is -1.19. The number of carbonyl (C=O) groups excluding carboxylic acids is 1. The molecule has 11 heavy (non-hydrogen) atoms. The summed E-state index contributed by atoms with van der Waals surface area (Å²) < 4.78 is 15.0. The highest BCUT2D eigenvalue weighted by molar-refractivity contribution is 7.32. The fourth-order valence-electron chi connectivity index (χ4n) is 0.570. The van der Waals surface area contributed by atoms with Crippen molar-refractivity contribution in [3.63, 3.8) is 0 Å². The first-order valence-corrected chi connectivity index (χ1v) is 3.84. The quantitative estimate of drug-likeness (QED) is 0.647. The molecule has 5 nitrogen and oxygen atoms in total. The number of nitrogens with zero attached hydrogens (tertiary/aromatic N) is 1. The minimum atomic E-state index is -2.86. The van der Waals surface area contributed by atoms with Gasteiger partial charge in [-0.2, -0.15) is 4.52 Å². The zero-order chi connectivity index (χ0) is 8.27. The number of rotatable bonds is 1. The van der Waals surface area contributed by atoms with E-state index in [1.165, 1.54) is 12.4 Å². The molecule has 1 heterocycles. The Morgan fingerprint density at radius 3 is 2.45 bits per heavy atom. The van der Waals surface area contributed by atoms with Crippen LogP contribution in [0.3, 0.4) is 0 Å². The van der Waals surface area contributed by atoms with Gasteiger partial charge in [0, 0.05) is 17.0 Å². The van der Waals surface area contributed by atoms with Gasteiger partial charge in [0.1, 0.15) is 0 Å². The van der Waals surface area contributed by atoms with E-state index < -0.39 is 14.3 Å². The van der Waals surface area contributed by atoms with Gasteiger partial charge in [0.25, 0.3) is 0 Å². The number of carbonyl (C=O) groups is 1. The second-order valence-corrected chi connectivity index (χ2v) is 2.34. The van der Waals surface area contributed by atoms with Crippen LogP contribution in [0, 0.1) is 0 Å². The molecule has 0 fully saturated rings. The number of hydrogen-bond acceptors (Lipinski definition) is 3. The third-order valence-electron chi connectivity index (χ3n) is 0.971. The molecule has 0 aliphatic carbocycles. The number of hydrogen-bond donors (Lipinski definition) is 1.